The van der Waals surface area contributed by atoms with Crippen molar-refractivity contribution in [1.29, 1.82) is 0 Å². The zero-order valence-electron chi connectivity index (χ0n) is 11.2. The first-order valence-electron chi connectivity index (χ1n) is 5.96. The maximum atomic E-state index is 11.4. The molecule has 0 fully saturated rings. The zero-order chi connectivity index (χ0) is 14.5. The smallest absolute Gasteiger partial charge is 0.337 e. The molecule has 1 aromatic carbocycles. The number of aromatic amines is 1. The number of amides is 1. The number of H-pyrrole nitrogens is 1. The molecule has 2 aromatic rings. The minimum absolute atomic E-state index is 0.00666. The molecule has 0 spiro atoms. The second kappa shape index (κ2) is 6.16. The summed E-state index contributed by atoms with van der Waals surface area (Å²) in [5.41, 5.74) is 1.87. The monoisotopic (exact) mass is 277 g/mol. The van der Waals surface area contributed by atoms with Gasteiger partial charge in [0.1, 0.15) is 12.4 Å². The summed E-state index contributed by atoms with van der Waals surface area (Å²) in [5.74, 6) is -0.0221. The van der Waals surface area contributed by atoms with Crippen molar-refractivity contribution in [3.05, 3.63) is 29.6 Å². The van der Waals surface area contributed by atoms with Gasteiger partial charge in [0.2, 0.25) is 5.91 Å². The van der Waals surface area contributed by atoms with E-state index in [9.17, 15) is 9.59 Å². The highest BCUT2D eigenvalue weighted by Gasteiger charge is 2.09. The van der Waals surface area contributed by atoms with Crippen LogP contribution in [0.15, 0.2) is 18.2 Å². The molecule has 7 nitrogen and oxygen atoms in total. The number of carbonyl (C=O) groups is 2. The predicted octanol–water partition coefficient (Wildman–Crippen LogP) is 0.612. The Kier molecular flexibility index (Phi) is 4.31. The number of aromatic nitrogens is 2. The van der Waals surface area contributed by atoms with Crippen LogP contribution >= 0.6 is 0 Å². The van der Waals surface area contributed by atoms with Gasteiger partial charge in [-0.05, 0) is 18.2 Å². The lowest BCUT2D eigenvalue weighted by molar-refractivity contribution is -0.124. The maximum Gasteiger partial charge on any atom is 0.337 e. The summed E-state index contributed by atoms with van der Waals surface area (Å²) in [7, 11) is 2.78. The Bertz CT molecular complexity index is 636. The van der Waals surface area contributed by atoms with Crippen LogP contribution in [0, 0.1) is 0 Å². The normalized spacial score (nSPS) is 10.5. The highest BCUT2D eigenvalue weighted by molar-refractivity contribution is 5.93. The number of rotatable bonds is 5. The van der Waals surface area contributed by atoms with Gasteiger partial charge >= 0.3 is 5.97 Å². The van der Waals surface area contributed by atoms with E-state index in [0.717, 1.165) is 0 Å². The lowest BCUT2D eigenvalue weighted by atomic mass is 10.2. The van der Waals surface area contributed by atoms with Gasteiger partial charge in [0.25, 0.3) is 0 Å². The van der Waals surface area contributed by atoms with E-state index in [0.29, 0.717) is 22.4 Å². The highest BCUT2D eigenvalue weighted by Crippen LogP contribution is 2.14. The summed E-state index contributed by atoms with van der Waals surface area (Å²) in [4.78, 5) is 30.0. The first-order valence-corrected chi connectivity index (χ1v) is 5.96. The van der Waals surface area contributed by atoms with E-state index >= 15 is 0 Å². The van der Waals surface area contributed by atoms with E-state index in [-0.39, 0.29) is 19.1 Å². The van der Waals surface area contributed by atoms with Crippen LogP contribution in [0.25, 0.3) is 11.0 Å². The Balaban J connectivity index is 2.13. The highest BCUT2D eigenvalue weighted by atomic mass is 16.5. The number of ether oxygens (including phenoxy) is 2. The van der Waals surface area contributed by atoms with Crippen LogP contribution in [-0.4, -0.2) is 42.7 Å². The molecular weight excluding hydrogens is 262 g/mol. The van der Waals surface area contributed by atoms with E-state index in [2.05, 4.69) is 20.0 Å². The molecule has 2 rings (SSSR count). The Labute approximate surface area is 115 Å². The van der Waals surface area contributed by atoms with Gasteiger partial charge < -0.3 is 19.8 Å². The van der Waals surface area contributed by atoms with Crippen molar-refractivity contribution >= 4 is 22.9 Å². The van der Waals surface area contributed by atoms with E-state index < -0.39 is 5.97 Å². The minimum Gasteiger partial charge on any atom is -0.465 e. The van der Waals surface area contributed by atoms with Crippen LogP contribution in [0.5, 0.6) is 0 Å². The molecule has 0 atom stereocenters. The summed E-state index contributed by atoms with van der Waals surface area (Å²) >= 11 is 0. The predicted molar refractivity (Wildman–Crippen MR) is 71.2 cm³/mol. The molecule has 1 aromatic heterocycles. The lowest BCUT2D eigenvalue weighted by Gasteiger charge is -2.00. The number of nitrogens with one attached hydrogen (secondary N) is 2. The summed E-state index contributed by atoms with van der Waals surface area (Å²) < 4.78 is 9.37. The standard InChI is InChI=1S/C13H15N3O4/c1-19-7-12(17)14-6-11-15-9-4-3-8(13(18)20-2)5-10(9)16-11/h3-5H,6-7H2,1-2H3,(H,14,17)(H,15,16). The number of esters is 1. The third kappa shape index (κ3) is 3.12. The SMILES string of the molecule is COCC(=O)NCc1nc2ccc(C(=O)OC)cc2[nH]1. The number of hydrogen-bond acceptors (Lipinski definition) is 5. The van der Waals surface area contributed by atoms with E-state index in [1.807, 2.05) is 0 Å². The van der Waals surface area contributed by atoms with Crippen molar-refractivity contribution in [2.45, 2.75) is 6.54 Å². The first-order chi connectivity index (χ1) is 9.63. The second-order valence-electron chi connectivity index (χ2n) is 4.12. The van der Waals surface area contributed by atoms with Crippen LogP contribution in [0.2, 0.25) is 0 Å². The molecular formula is C13H15N3O4. The summed E-state index contributed by atoms with van der Waals surface area (Å²) in [6, 6.07) is 5.02. The fourth-order valence-corrected chi connectivity index (χ4v) is 1.76. The number of methoxy groups -OCH3 is 2. The summed E-state index contributed by atoms with van der Waals surface area (Å²) in [6.45, 7) is 0.275. The van der Waals surface area contributed by atoms with Gasteiger partial charge in [-0.2, -0.15) is 0 Å². The van der Waals surface area contributed by atoms with Gasteiger partial charge in [-0.3, -0.25) is 4.79 Å². The van der Waals surface area contributed by atoms with Gasteiger partial charge in [0, 0.05) is 7.11 Å². The molecule has 0 aliphatic rings. The molecule has 0 aliphatic carbocycles. The van der Waals surface area contributed by atoms with Crippen molar-refractivity contribution in [3.63, 3.8) is 0 Å². The number of carbonyl (C=O) groups excluding carboxylic acids is 2. The van der Waals surface area contributed by atoms with Gasteiger partial charge in [0.05, 0.1) is 30.3 Å². The van der Waals surface area contributed by atoms with Crippen molar-refractivity contribution in [3.8, 4) is 0 Å². The van der Waals surface area contributed by atoms with Crippen LogP contribution in [0.3, 0.4) is 0 Å². The lowest BCUT2D eigenvalue weighted by Crippen LogP contribution is -2.26. The van der Waals surface area contributed by atoms with Crippen molar-refractivity contribution in [1.82, 2.24) is 15.3 Å². The molecule has 2 N–H and O–H groups in total. The van der Waals surface area contributed by atoms with Crippen molar-refractivity contribution < 1.29 is 19.1 Å². The average Bonchev–Trinajstić information content (AvgIpc) is 2.86. The van der Waals surface area contributed by atoms with E-state index in [1.54, 1.807) is 18.2 Å². The Morgan fingerprint density at radius 3 is 2.85 bits per heavy atom. The van der Waals surface area contributed by atoms with Gasteiger partial charge in [-0.15, -0.1) is 0 Å². The molecule has 0 unspecified atom stereocenters. The van der Waals surface area contributed by atoms with Crippen LogP contribution in [0.1, 0.15) is 16.2 Å². The molecule has 0 aliphatic heterocycles. The van der Waals surface area contributed by atoms with E-state index in [1.165, 1.54) is 14.2 Å². The van der Waals surface area contributed by atoms with Crippen LogP contribution < -0.4 is 5.32 Å². The quantitative estimate of drug-likeness (QED) is 0.781. The third-order valence-corrected chi connectivity index (χ3v) is 2.68. The number of hydrogen-bond donors (Lipinski definition) is 2. The molecule has 7 heteroatoms. The molecule has 0 saturated heterocycles. The number of nitrogens with zero attached hydrogens (tertiary/aromatic N) is 1. The number of imidazole rings is 1. The molecule has 1 heterocycles. The topological polar surface area (TPSA) is 93.3 Å². The van der Waals surface area contributed by atoms with Gasteiger partial charge in [0.15, 0.2) is 0 Å². The van der Waals surface area contributed by atoms with Gasteiger partial charge in [-0.25, -0.2) is 9.78 Å². The third-order valence-electron chi connectivity index (χ3n) is 2.68. The molecule has 0 radical (unpaired) electrons. The molecule has 1 amide bonds. The van der Waals surface area contributed by atoms with Crippen molar-refractivity contribution in [2.24, 2.45) is 0 Å². The fourth-order valence-electron chi connectivity index (χ4n) is 1.76. The average molecular weight is 277 g/mol. The molecule has 0 saturated carbocycles. The Morgan fingerprint density at radius 1 is 1.35 bits per heavy atom. The molecule has 0 bridgehead atoms. The van der Waals surface area contributed by atoms with Crippen LogP contribution in [-0.2, 0) is 20.8 Å². The summed E-state index contributed by atoms with van der Waals surface area (Å²) in [5, 5.41) is 2.66. The van der Waals surface area contributed by atoms with E-state index in [4.69, 9.17) is 4.74 Å². The maximum absolute atomic E-state index is 11.4. The minimum atomic E-state index is -0.406. The largest absolute Gasteiger partial charge is 0.465 e. The zero-order valence-corrected chi connectivity index (χ0v) is 11.2. The van der Waals surface area contributed by atoms with Crippen molar-refractivity contribution in [2.75, 3.05) is 20.8 Å². The molecule has 20 heavy (non-hydrogen) atoms. The fraction of sp³-hybridized carbons (Fsp3) is 0.308. The number of fused-ring (bicyclic) bond motifs is 1. The second-order valence-corrected chi connectivity index (χ2v) is 4.12. The Morgan fingerprint density at radius 2 is 2.15 bits per heavy atom. The molecule has 106 valence electrons. The first kappa shape index (κ1) is 14.0. The van der Waals surface area contributed by atoms with Gasteiger partial charge in [-0.1, -0.05) is 0 Å². The van der Waals surface area contributed by atoms with Crippen LogP contribution in [0.4, 0.5) is 0 Å². The Hall–Kier alpha value is -2.41. The number of benzene rings is 1. The summed E-state index contributed by atoms with van der Waals surface area (Å²) in [6.07, 6.45) is 0.